The molecule has 0 spiro atoms. The van der Waals surface area contributed by atoms with Crippen LogP contribution in [-0.4, -0.2) is 19.4 Å². The molecular formula is C15H11N2O4S2-. The number of rotatable bonds is 5. The van der Waals surface area contributed by atoms with Gasteiger partial charge in [0, 0.05) is 28.9 Å². The molecule has 0 aliphatic heterocycles. The van der Waals surface area contributed by atoms with Crippen LogP contribution in [0.4, 0.5) is 5.13 Å². The Labute approximate surface area is 136 Å². The van der Waals surface area contributed by atoms with Gasteiger partial charge in [-0.15, -0.1) is 11.3 Å². The number of fused-ring (bicyclic) bond motifs is 1. The van der Waals surface area contributed by atoms with Gasteiger partial charge in [0.05, 0.1) is 4.90 Å². The van der Waals surface area contributed by atoms with Gasteiger partial charge in [-0.1, -0.05) is 36.4 Å². The maximum Gasteiger partial charge on any atom is 0.264 e. The molecule has 3 aromatic rings. The van der Waals surface area contributed by atoms with Gasteiger partial charge < -0.3 is 9.90 Å². The first-order valence-corrected chi connectivity index (χ1v) is 8.91. The summed E-state index contributed by atoms with van der Waals surface area (Å²) in [6.45, 7) is 0. The van der Waals surface area contributed by atoms with E-state index in [1.807, 2.05) is 18.2 Å². The molecule has 118 valence electrons. The summed E-state index contributed by atoms with van der Waals surface area (Å²) in [6.07, 6.45) is 1.02. The Hall–Kier alpha value is -2.45. The molecule has 0 atom stereocenters. The van der Waals surface area contributed by atoms with E-state index >= 15 is 0 Å². The van der Waals surface area contributed by atoms with Crippen LogP contribution in [0.2, 0.25) is 0 Å². The van der Waals surface area contributed by atoms with Crippen LogP contribution >= 0.6 is 11.3 Å². The molecule has 0 saturated heterocycles. The van der Waals surface area contributed by atoms with E-state index in [-0.39, 0.29) is 16.4 Å². The molecule has 2 aromatic carbocycles. The fourth-order valence-electron chi connectivity index (χ4n) is 2.18. The second-order valence-electron chi connectivity index (χ2n) is 4.76. The highest BCUT2D eigenvalue weighted by atomic mass is 32.2. The molecule has 0 aliphatic carbocycles. The molecule has 8 heteroatoms. The summed E-state index contributed by atoms with van der Waals surface area (Å²) in [4.78, 5) is 15.0. The topological polar surface area (TPSA) is 99.2 Å². The summed E-state index contributed by atoms with van der Waals surface area (Å²) in [5.41, 5.74) is 0. The largest absolute Gasteiger partial charge is 0.550 e. The average molecular weight is 347 g/mol. The predicted octanol–water partition coefficient (Wildman–Crippen LogP) is 1.39. The number of benzene rings is 2. The van der Waals surface area contributed by atoms with Crippen LogP contribution in [0.25, 0.3) is 10.8 Å². The molecule has 0 fully saturated rings. The third-order valence-corrected chi connectivity index (χ3v) is 5.57. The zero-order chi connectivity index (χ0) is 16.4. The molecule has 1 N–H and O–H groups in total. The lowest BCUT2D eigenvalue weighted by atomic mass is 10.1. The second-order valence-corrected chi connectivity index (χ2v) is 7.53. The molecular weight excluding hydrogens is 336 g/mol. The molecule has 0 saturated carbocycles. The molecule has 0 unspecified atom stereocenters. The van der Waals surface area contributed by atoms with E-state index in [0.29, 0.717) is 10.3 Å². The highest BCUT2D eigenvalue weighted by Crippen LogP contribution is 2.26. The maximum atomic E-state index is 12.6. The summed E-state index contributed by atoms with van der Waals surface area (Å²) in [5, 5.41) is 12.1. The van der Waals surface area contributed by atoms with Crippen molar-refractivity contribution < 1.29 is 18.3 Å². The van der Waals surface area contributed by atoms with E-state index in [4.69, 9.17) is 0 Å². The minimum Gasteiger partial charge on any atom is -0.550 e. The van der Waals surface area contributed by atoms with E-state index in [9.17, 15) is 18.3 Å². The van der Waals surface area contributed by atoms with Crippen molar-refractivity contribution >= 4 is 43.2 Å². The Kier molecular flexibility index (Phi) is 4.01. The molecule has 6 nitrogen and oxygen atoms in total. The van der Waals surface area contributed by atoms with Gasteiger partial charge in [0.15, 0.2) is 5.13 Å². The van der Waals surface area contributed by atoms with E-state index in [1.54, 1.807) is 18.2 Å². The number of nitrogens with one attached hydrogen (secondary N) is 1. The monoisotopic (exact) mass is 347 g/mol. The fraction of sp³-hybridized carbons (Fsp3) is 0.0667. The number of aliphatic carboxylic acids is 1. The third-order valence-electron chi connectivity index (χ3n) is 3.13. The Morgan fingerprint density at radius 1 is 1.17 bits per heavy atom. The van der Waals surface area contributed by atoms with Crippen molar-refractivity contribution in [1.29, 1.82) is 0 Å². The summed E-state index contributed by atoms with van der Waals surface area (Å²) in [5.74, 6) is -1.24. The first-order chi connectivity index (χ1) is 11.0. The van der Waals surface area contributed by atoms with Crippen molar-refractivity contribution in [2.75, 3.05) is 4.72 Å². The van der Waals surface area contributed by atoms with Gasteiger partial charge >= 0.3 is 0 Å². The van der Waals surface area contributed by atoms with Crippen molar-refractivity contribution in [1.82, 2.24) is 4.98 Å². The van der Waals surface area contributed by atoms with E-state index in [2.05, 4.69) is 9.71 Å². The van der Waals surface area contributed by atoms with Gasteiger partial charge in [0.1, 0.15) is 0 Å². The number of carbonyl (C=O) groups excluding carboxylic acids is 1. The number of carboxylic acids is 1. The quantitative estimate of drug-likeness (QED) is 0.752. The first-order valence-electron chi connectivity index (χ1n) is 6.61. The lowest BCUT2D eigenvalue weighted by molar-refractivity contribution is -0.304. The maximum absolute atomic E-state index is 12.6. The van der Waals surface area contributed by atoms with E-state index in [1.165, 1.54) is 12.3 Å². The standard InChI is InChI=1S/C15H12N2O4S2/c18-14(19)8-11-9-16-15(22-11)17-23(20,21)13-7-3-5-10-4-1-2-6-12(10)13/h1-7,9H,8H2,(H,16,17)(H,18,19)/p-1. The zero-order valence-electron chi connectivity index (χ0n) is 11.7. The zero-order valence-corrected chi connectivity index (χ0v) is 13.4. The van der Waals surface area contributed by atoms with E-state index < -0.39 is 16.0 Å². The lowest BCUT2D eigenvalue weighted by Crippen LogP contribution is -2.23. The van der Waals surface area contributed by atoms with Crippen molar-refractivity contribution in [3.05, 3.63) is 53.5 Å². The number of hydrogen-bond acceptors (Lipinski definition) is 6. The van der Waals surface area contributed by atoms with Gasteiger partial charge in [-0.25, -0.2) is 13.4 Å². The van der Waals surface area contributed by atoms with Crippen LogP contribution in [0.5, 0.6) is 0 Å². The van der Waals surface area contributed by atoms with Crippen molar-refractivity contribution in [3.63, 3.8) is 0 Å². The van der Waals surface area contributed by atoms with Gasteiger partial charge in [-0.05, 0) is 11.5 Å². The first kappa shape index (κ1) is 15.4. The normalized spacial score (nSPS) is 11.5. The molecule has 23 heavy (non-hydrogen) atoms. The number of anilines is 1. The SMILES string of the molecule is O=C([O-])Cc1cnc(NS(=O)(=O)c2cccc3ccccc23)s1. The Morgan fingerprint density at radius 2 is 1.91 bits per heavy atom. The van der Waals surface area contributed by atoms with Gasteiger partial charge in [-0.3, -0.25) is 4.72 Å². The minimum absolute atomic E-state index is 0.120. The number of aromatic nitrogens is 1. The van der Waals surface area contributed by atoms with Gasteiger partial charge in [0.2, 0.25) is 0 Å². The van der Waals surface area contributed by atoms with E-state index in [0.717, 1.165) is 16.7 Å². The second kappa shape index (κ2) is 5.98. The molecule has 0 bridgehead atoms. The highest BCUT2D eigenvalue weighted by molar-refractivity contribution is 7.93. The summed E-state index contributed by atoms with van der Waals surface area (Å²) >= 11 is 0.966. The summed E-state index contributed by atoms with van der Waals surface area (Å²) in [6, 6.07) is 12.2. The third kappa shape index (κ3) is 3.33. The number of nitrogens with zero attached hydrogens (tertiary/aromatic N) is 1. The number of carboxylic acid groups (broad SMARTS) is 1. The molecule has 0 aliphatic rings. The summed E-state index contributed by atoms with van der Waals surface area (Å²) < 4.78 is 27.5. The van der Waals surface area contributed by atoms with Crippen LogP contribution in [-0.2, 0) is 21.2 Å². The van der Waals surface area contributed by atoms with Crippen LogP contribution in [0.15, 0.2) is 53.6 Å². The molecule has 0 radical (unpaired) electrons. The number of hydrogen-bond donors (Lipinski definition) is 1. The smallest absolute Gasteiger partial charge is 0.264 e. The van der Waals surface area contributed by atoms with Crippen molar-refractivity contribution in [2.24, 2.45) is 0 Å². The van der Waals surface area contributed by atoms with Crippen molar-refractivity contribution in [2.45, 2.75) is 11.3 Å². The van der Waals surface area contributed by atoms with Crippen molar-refractivity contribution in [3.8, 4) is 0 Å². The molecule has 3 rings (SSSR count). The Morgan fingerprint density at radius 3 is 2.70 bits per heavy atom. The molecule has 0 amide bonds. The molecule has 1 heterocycles. The average Bonchev–Trinajstić information content (AvgIpc) is 2.92. The number of sulfonamides is 1. The minimum atomic E-state index is -3.82. The van der Waals surface area contributed by atoms with Crippen LogP contribution in [0, 0.1) is 0 Å². The van der Waals surface area contributed by atoms with Crippen LogP contribution in [0.1, 0.15) is 4.88 Å². The summed E-state index contributed by atoms with van der Waals surface area (Å²) in [7, 11) is -3.82. The molecule has 1 aromatic heterocycles. The Balaban J connectivity index is 1.95. The lowest BCUT2D eigenvalue weighted by Gasteiger charge is -2.08. The van der Waals surface area contributed by atoms with Gasteiger partial charge in [0.25, 0.3) is 10.0 Å². The highest BCUT2D eigenvalue weighted by Gasteiger charge is 2.18. The van der Waals surface area contributed by atoms with Crippen LogP contribution < -0.4 is 9.83 Å². The van der Waals surface area contributed by atoms with Gasteiger partial charge in [-0.2, -0.15) is 0 Å². The Bertz CT molecular complexity index is 975. The number of thiazole rings is 1. The number of carbonyl (C=O) groups is 1. The predicted molar refractivity (Wildman–Crippen MR) is 85.6 cm³/mol. The fourth-order valence-corrected chi connectivity index (χ4v) is 4.45. The van der Waals surface area contributed by atoms with Crippen LogP contribution in [0.3, 0.4) is 0 Å².